The van der Waals surface area contributed by atoms with Crippen LogP contribution in [0.25, 0.3) is 5.57 Å². The van der Waals surface area contributed by atoms with E-state index in [4.69, 9.17) is 30.5 Å². The minimum absolute atomic E-state index is 0.0131. The van der Waals surface area contributed by atoms with Gasteiger partial charge in [-0.15, -0.1) is 0 Å². The molecule has 6 nitrogen and oxygen atoms in total. The highest BCUT2D eigenvalue weighted by atomic mass is 35.5. The molecule has 1 heterocycles. The molecule has 0 spiro atoms. The van der Waals surface area contributed by atoms with Crippen molar-refractivity contribution in [3.05, 3.63) is 52.6 Å². The van der Waals surface area contributed by atoms with Crippen molar-refractivity contribution < 1.29 is 23.7 Å². The second-order valence-corrected chi connectivity index (χ2v) is 7.36. The Morgan fingerprint density at radius 3 is 2.27 bits per heavy atom. The SMILES string of the molecule is COc1cc(OC)c(C2=CCN(C(=O)COc3ccc(Cl)cc3C)CC2)c(OC)c1. The molecular weight excluding hydrogens is 406 g/mol. The maximum absolute atomic E-state index is 12.6. The second-order valence-electron chi connectivity index (χ2n) is 6.92. The number of benzene rings is 2. The van der Waals surface area contributed by atoms with Crippen molar-refractivity contribution in [3.63, 3.8) is 0 Å². The molecule has 160 valence electrons. The Kier molecular flexibility index (Phi) is 7.11. The third-order valence-electron chi connectivity index (χ3n) is 5.09. The maximum Gasteiger partial charge on any atom is 0.260 e. The van der Waals surface area contributed by atoms with E-state index in [1.54, 1.807) is 38.4 Å². The Labute approximate surface area is 181 Å². The molecule has 0 saturated carbocycles. The van der Waals surface area contributed by atoms with E-state index in [-0.39, 0.29) is 12.5 Å². The summed E-state index contributed by atoms with van der Waals surface area (Å²) in [5.41, 5.74) is 2.86. The summed E-state index contributed by atoms with van der Waals surface area (Å²) in [7, 11) is 4.84. The zero-order valence-corrected chi connectivity index (χ0v) is 18.4. The molecule has 2 aromatic rings. The van der Waals surface area contributed by atoms with E-state index < -0.39 is 0 Å². The number of carbonyl (C=O) groups is 1. The molecule has 1 amide bonds. The number of aryl methyl sites for hydroxylation is 1. The molecule has 0 fully saturated rings. The zero-order valence-electron chi connectivity index (χ0n) is 17.7. The minimum atomic E-state index is -0.0617. The van der Waals surface area contributed by atoms with E-state index in [2.05, 4.69) is 0 Å². The summed E-state index contributed by atoms with van der Waals surface area (Å²) in [5, 5.41) is 0.643. The summed E-state index contributed by atoms with van der Waals surface area (Å²) in [6.45, 7) is 2.97. The number of rotatable bonds is 7. The van der Waals surface area contributed by atoms with Crippen LogP contribution < -0.4 is 18.9 Å². The lowest BCUT2D eigenvalue weighted by Gasteiger charge is -2.28. The minimum Gasteiger partial charge on any atom is -0.496 e. The molecule has 0 aromatic heterocycles. The van der Waals surface area contributed by atoms with Crippen molar-refractivity contribution in [3.8, 4) is 23.0 Å². The van der Waals surface area contributed by atoms with E-state index in [0.717, 1.165) is 16.7 Å². The fraction of sp³-hybridized carbons (Fsp3) is 0.348. The van der Waals surface area contributed by atoms with Gasteiger partial charge in [0.05, 0.1) is 26.9 Å². The average Bonchev–Trinajstić information content (AvgIpc) is 2.77. The van der Waals surface area contributed by atoms with Crippen LogP contribution in [0.15, 0.2) is 36.4 Å². The number of nitrogens with zero attached hydrogens (tertiary/aromatic N) is 1. The molecule has 0 aliphatic carbocycles. The molecular formula is C23H26ClNO5. The van der Waals surface area contributed by atoms with Gasteiger partial charge in [0.15, 0.2) is 6.61 Å². The zero-order chi connectivity index (χ0) is 21.7. The molecule has 0 N–H and O–H groups in total. The molecule has 1 aliphatic rings. The molecule has 0 radical (unpaired) electrons. The third-order valence-corrected chi connectivity index (χ3v) is 5.32. The summed E-state index contributed by atoms with van der Waals surface area (Å²) in [6, 6.07) is 9.01. The maximum atomic E-state index is 12.6. The van der Waals surface area contributed by atoms with Crippen molar-refractivity contribution in [2.45, 2.75) is 13.3 Å². The van der Waals surface area contributed by atoms with E-state index in [9.17, 15) is 4.79 Å². The molecule has 0 saturated heterocycles. The van der Waals surface area contributed by atoms with Gasteiger partial charge in [0, 0.05) is 30.2 Å². The lowest BCUT2D eigenvalue weighted by molar-refractivity contribution is -0.132. The number of halogens is 1. The van der Waals surface area contributed by atoms with E-state index in [0.29, 0.717) is 47.5 Å². The van der Waals surface area contributed by atoms with Crippen LogP contribution in [0.4, 0.5) is 0 Å². The average molecular weight is 432 g/mol. The molecule has 0 bridgehead atoms. The monoisotopic (exact) mass is 431 g/mol. The fourth-order valence-corrected chi connectivity index (χ4v) is 3.68. The van der Waals surface area contributed by atoms with Gasteiger partial charge in [-0.25, -0.2) is 0 Å². The van der Waals surface area contributed by atoms with Gasteiger partial charge < -0.3 is 23.8 Å². The molecule has 3 rings (SSSR count). The van der Waals surface area contributed by atoms with Crippen LogP contribution in [0.2, 0.25) is 5.02 Å². The Balaban J connectivity index is 1.70. The Morgan fingerprint density at radius 1 is 1.03 bits per heavy atom. The van der Waals surface area contributed by atoms with Crippen LogP contribution >= 0.6 is 11.6 Å². The fourth-order valence-electron chi connectivity index (χ4n) is 3.45. The highest BCUT2D eigenvalue weighted by molar-refractivity contribution is 6.30. The second kappa shape index (κ2) is 9.76. The van der Waals surface area contributed by atoms with Crippen molar-refractivity contribution in [1.29, 1.82) is 0 Å². The Bertz CT molecular complexity index is 932. The first-order valence-electron chi connectivity index (χ1n) is 9.63. The topological polar surface area (TPSA) is 57.2 Å². The van der Waals surface area contributed by atoms with E-state index in [1.165, 1.54) is 0 Å². The predicted molar refractivity (Wildman–Crippen MR) is 117 cm³/mol. The number of hydrogen-bond donors (Lipinski definition) is 0. The number of carbonyl (C=O) groups excluding carboxylic acids is 1. The van der Waals surface area contributed by atoms with Gasteiger partial charge in [-0.2, -0.15) is 0 Å². The highest BCUT2D eigenvalue weighted by Crippen LogP contribution is 2.40. The van der Waals surface area contributed by atoms with Crippen LogP contribution in [-0.4, -0.2) is 51.8 Å². The summed E-state index contributed by atoms with van der Waals surface area (Å²) in [6.07, 6.45) is 2.71. The van der Waals surface area contributed by atoms with Crippen LogP contribution in [0.1, 0.15) is 17.5 Å². The van der Waals surface area contributed by atoms with Crippen molar-refractivity contribution in [2.75, 3.05) is 41.0 Å². The first kappa shape index (κ1) is 21.8. The van der Waals surface area contributed by atoms with Gasteiger partial charge in [0.2, 0.25) is 0 Å². The standard InChI is InChI=1S/C23H26ClNO5/c1-15-11-17(24)5-6-19(15)30-14-22(26)25-9-7-16(8-10-25)23-20(28-3)12-18(27-2)13-21(23)29-4/h5-7,11-13H,8-10,14H2,1-4H3. The molecule has 7 heteroatoms. The third kappa shape index (κ3) is 4.82. The largest absolute Gasteiger partial charge is 0.496 e. The van der Waals surface area contributed by atoms with Gasteiger partial charge in [-0.05, 0) is 42.7 Å². The van der Waals surface area contributed by atoms with E-state index >= 15 is 0 Å². The summed E-state index contributed by atoms with van der Waals surface area (Å²) < 4.78 is 22.1. The summed E-state index contributed by atoms with van der Waals surface area (Å²) >= 11 is 5.96. The number of hydrogen-bond acceptors (Lipinski definition) is 5. The number of methoxy groups -OCH3 is 3. The van der Waals surface area contributed by atoms with Gasteiger partial charge in [-0.1, -0.05) is 17.7 Å². The predicted octanol–water partition coefficient (Wildman–Crippen LogP) is 4.37. The van der Waals surface area contributed by atoms with Crippen LogP contribution in [0.3, 0.4) is 0 Å². The molecule has 2 aromatic carbocycles. The molecule has 1 aliphatic heterocycles. The quantitative estimate of drug-likeness (QED) is 0.651. The van der Waals surface area contributed by atoms with Gasteiger partial charge in [0.25, 0.3) is 5.91 Å². The smallest absolute Gasteiger partial charge is 0.260 e. The summed E-state index contributed by atoms with van der Waals surface area (Å²) in [4.78, 5) is 14.4. The Hall–Kier alpha value is -2.86. The van der Waals surface area contributed by atoms with Crippen molar-refractivity contribution >= 4 is 23.1 Å². The van der Waals surface area contributed by atoms with Crippen molar-refractivity contribution in [1.82, 2.24) is 4.90 Å². The highest BCUT2D eigenvalue weighted by Gasteiger charge is 2.23. The summed E-state index contributed by atoms with van der Waals surface area (Å²) in [5.74, 6) is 2.62. The lowest BCUT2D eigenvalue weighted by atomic mass is 9.97. The number of amides is 1. The number of ether oxygens (including phenoxy) is 4. The van der Waals surface area contributed by atoms with Crippen molar-refractivity contribution in [2.24, 2.45) is 0 Å². The first-order valence-corrected chi connectivity index (χ1v) is 10.0. The van der Waals surface area contributed by atoms with Crippen LogP contribution in [0.5, 0.6) is 23.0 Å². The Morgan fingerprint density at radius 2 is 1.73 bits per heavy atom. The van der Waals surface area contributed by atoms with E-state index in [1.807, 2.05) is 31.2 Å². The van der Waals surface area contributed by atoms with Crippen LogP contribution in [-0.2, 0) is 4.79 Å². The lowest BCUT2D eigenvalue weighted by Crippen LogP contribution is -2.38. The normalized spacial score (nSPS) is 13.5. The van der Waals surface area contributed by atoms with Gasteiger partial charge in [0.1, 0.15) is 23.0 Å². The van der Waals surface area contributed by atoms with Gasteiger partial charge in [-0.3, -0.25) is 4.79 Å². The molecule has 0 unspecified atom stereocenters. The molecule has 30 heavy (non-hydrogen) atoms. The molecule has 0 atom stereocenters. The van der Waals surface area contributed by atoms with Crippen LogP contribution in [0, 0.1) is 6.92 Å². The van der Waals surface area contributed by atoms with Gasteiger partial charge >= 0.3 is 0 Å². The first-order chi connectivity index (χ1) is 14.5.